The number of nitrogens with zero attached hydrogens (tertiary/aromatic N) is 2. The van der Waals surface area contributed by atoms with Crippen LogP contribution >= 0.6 is 22.7 Å². The Labute approximate surface area is 120 Å². The van der Waals surface area contributed by atoms with Crippen LogP contribution < -0.4 is 5.32 Å². The molecule has 0 saturated heterocycles. The standard InChI is InChI=1S/C14H17N3S2/c1-3-15-11(6-10-8-16-17(2)9-10)13-7-14-12(19-13)4-5-18-14/h4-5,7-9,11,15H,3,6H2,1-2H3. The van der Waals surface area contributed by atoms with Gasteiger partial charge in [0.05, 0.1) is 6.20 Å². The Morgan fingerprint density at radius 2 is 2.32 bits per heavy atom. The molecular weight excluding hydrogens is 274 g/mol. The third-order valence-corrected chi connectivity index (χ3v) is 5.36. The van der Waals surface area contributed by atoms with Gasteiger partial charge in [0.1, 0.15) is 0 Å². The van der Waals surface area contributed by atoms with Gasteiger partial charge < -0.3 is 5.32 Å². The molecule has 5 heteroatoms. The highest BCUT2D eigenvalue weighted by Crippen LogP contribution is 2.34. The first kappa shape index (κ1) is 12.8. The number of hydrogen-bond donors (Lipinski definition) is 1. The molecule has 0 spiro atoms. The van der Waals surface area contributed by atoms with E-state index in [-0.39, 0.29) is 0 Å². The fourth-order valence-electron chi connectivity index (χ4n) is 2.29. The number of aryl methyl sites for hydroxylation is 1. The average molecular weight is 291 g/mol. The first-order valence-electron chi connectivity index (χ1n) is 6.44. The van der Waals surface area contributed by atoms with E-state index in [1.165, 1.54) is 19.8 Å². The normalized spacial score (nSPS) is 13.2. The molecule has 3 rings (SSSR count). The molecule has 0 aliphatic rings. The molecule has 0 radical (unpaired) electrons. The summed E-state index contributed by atoms with van der Waals surface area (Å²) >= 11 is 3.72. The van der Waals surface area contributed by atoms with E-state index in [9.17, 15) is 0 Å². The zero-order valence-corrected chi connectivity index (χ0v) is 12.7. The van der Waals surface area contributed by atoms with Gasteiger partial charge in [0.2, 0.25) is 0 Å². The Morgan fingerprint density at radius 3 is 3.00 bits per heavy atom. The summed E-state index contributed by atoms with van der Waals surface area (Å²) in [5.74, 6) is 0. The number of thiophene rings is 2. The molecule has 1 N–H and O–H groups in total. The highest BCUT2D eigenvalue weighted by molar-refractivity contribution is 7.26. The maximum atomic E-state index is 4.25. The van der Waals surface area contributed by atoms with Crippen molar-refractivity contribution in [2.24, 2.45) is 7.05 Å². The van der Waals surface area contributed by atoms with Crippen LogP contribution in [0, 0.1) is 0 Å². The van der Waals surface area contributed by atoms with E-state index < -0.39 is 0 Å². The van der Waals surface area contributed by atoms with Gasteiger partial charge in [-0.1, -0.05) is 6.92 Å². The van der Waals surface area contributed by atoms with E-state index >= 15 is 0 Å². The summed E-state index contributed by atoms with van der Waals surface area (Å²) in [4.78, 5) is 1.42. The van der Waals surface area contributed by atoms with Crippen molar-refractivity contribution in [1.29, 1.82) is 0 Å². The Balaban J connectivity index is 1.85. The number of aromatic nitrogens is 2. The summed E-state index contributed by atoms with van der Waals surface area (Å²) in [6, 6.07) is 4.93. The summed E-state index contributed by atoms with van der Waals surface area (Å²) in [6.07, 6.45) is 5.05. The molecule has 0 bridgehead atoms. The molecule has 3 aromatic heterocycles. The Hall–Kier alpha value is -1.17. The van der Waals surface area contributed by atoms with Gasteiger partial charge in [-0.25, -0.2) is 0 Å². The van der Waals surface area contributed by atoms with E-state index in [0.717, 1.165) is 13.0 Å². The van der Waals surface area contributed by atoms with Gasteiger partial charge in [-0.3, -0.25) is 4.68 Å². The molecule has 0 aliphatic heterocycles. The van der Waals surface area contributed by atoms with Crippen LogP contribution in [0.1, 0.15) is 23.4 Å². The molecule has 3 nitrogen and oxygen atoms in total. The first-order valence-corrected chi connectivity index (χ1v) is 8.13. The Morgan fingerprint density at radius 1 is 1.42 bits per heavy atom. The van der Waals surface area contributed by atoms with Crippen LogP contribution in [0.4, 0.5) is 0 Å². The SMILES string of the molecule is CCNC(Cc1cnn(C)c1)c1cc2sccc2s1. The number of rotatable bonds is 5. The molecule has 3 heterocycles. The zero-order chi connectivity index (χ0) is 13.2. The quantitative estimate of drug-likeness (QED) is 0.778. The second-order valence-corrected chi connectivity index (χ2v) is 6.70. The highest BCUT2D eigenvalue weighted by atomic mass is 32.1. The minimum Gasteiger partial charge on any atom is -0.309 e. The second kappa shape index (κ2) is 5.45. The summed E-state index contributed by atoms with van der Waals surface area (Å²) in [5.41, 5.74) is 1.28. The smallest absolute Gasteiger partial charge is 0.0522 e. The van der Waals surface area contributed by atoms with Gasteiger partial charge in [-0.05, 0) is 36.0 Å². The zero-order valence-electron chi connectivity index (χ0n) is 11.1. The van der Waals surface area contributed by atoms with Crippen molar-refractivity contribution >= 4 is 32.1 Å². The molecule has 1 unspecified atom stereocenters. The van der Waals surface area contributed by atoms with Gasteiger partial charge in [-0.15, -0.1) is 22.7 Å². The monoisotopic (exact) mass is 291 g/mol. The lowest BCUT2D eigenvalue weighted by Crippen LogP contribution is -2.21. The van der Waals surface area contributed by atoms with Crippen LogP contribution in [0.2, 0.25) is 0 Å². The number of likely N-dealkylation sites (N-methyl/N-ethyl adjacent to an activating group) is 1. The van der Waals surface area contributed by atoms with Crippen LogP contribution in [0.25, 0.3) is 9.40 Å². The molecule has 1 atom stereocenters. The van der Waals surface area contributed by atoms with Crippen LogP contribution in [0.5, 0.6) is 0 Å². The Bertz CT molecular complexity index is 636. The fourth-order valence-corrected chi connectivity index (χ4v) is 4.48. The maximum Gasteiger partial charge on any atom is 0.0522 e. The van der Waals surface area contributed by atoms with Crippen LogP contribution in [-0.4, -0.2) is 16.3 Å². The summed E-state index contributed by atoms with van der Waals surface area (Å²) in [7, 11) is 1.97. The molecule has 0 aliphatic carbocycles. The third kappa shape index (κ3) is 2.73. The molecule has 19 heavy (non-hydrogen) atoms. The van der Waals surface area contributed by atoms with Gasteiger partial charge >= 0.3 is 0 Å². The fraction of sp³-hybridized carbons (Fsp3) is 0.357. The predicted octanol–water partition coefficient (Wildman–Crippen LogP) is 3.59. The molecule has 0 aromatic carbocycles. The maximum absolute atomic E-state index is 4.25. The number of hydrogen-bond acceptors (Lipinski definition) is 4. The first-order chi connectivity index (χ1) is 9.26. The van der Waals surface area contributed by atoms with Crippen molar-refractivity contribution in [2.75, 3.05) is 6.54 Å². The Kier molecular flexibility index (Phi) is 3.68. The molecule has 0 fully saturated rings. The van der Waals surface area contributed by atoms with E-state index in [2.05, 4.69) is 41.0 Å². The van der Waals surface area contributed by atoms with Crippen LogP contribution in [-0.2, 0) is 13.5 Å². The second-order valence-electron chi connectivity index (χ2n) is 4.63. The minimum absolute atomic E-state index is 0.388. The van der Waals surface area contributed by atoms with Crippen LogP contribution in [0.3, 0.4) is 0 Å². The lowest BCUT2D eigenvalue weighted by molar-refractivity contribution is 0.558. The summed E-state index contributed by atoms with van der Waals surface area (Å²) in [5, 5.41) is 10.00. The molecule has 0 amide bonds. The lowest BCUT2D eigenvalue weighted by Gasteiger charge is -2.15. The van der Waals surface area contributed by atoms with Crippen molar-refractivity contribution < 1.29 is 0 Å². The number of nitrogens with one attached hydrogen (secondary N) is 1. The van der Waals surface area contributed by atoms with Crippen LogP contribution in [0.15, 0.2) is 29.9 Å². The molecule has 3 aromatic rings. The van der Waals surface area contributed by atoms with E-state index in [0.29, 0.717) is 6.04 Å². The molecule has 100 valence electrons. The van der Waals surface area contributed by atoms with Crippen molar-refractivity contribution in [1.82, 2.24) is 15.1 Å². The largest absolute Gasteiger partial charge is 0.309 e. The third-order valence-electron chi connectivity index (χ3n) is 3.15. The minimum atomic E-state index is 0.388. The lowest BCUT2D eigenvalue weighted by atomic mass is 10.1. The van der Waals surface area contributed by atoms with Gasteiger partial charge in [0, 0.05) is 33.6 Å². The van der Waals surface area contributed by atoms with Crippen molar-refractivity contribution in [3.05, 3.63) is 40.3 Å². The van der Waals surface area contributed by atoms with E-state index in [1.807, 2.05) is 40.6 Å². The summed E-state index contributed by atoms with van der Waals surface area (Å²) in [6.45, 7) is 3.14. The van der Waals surface area contributed by atoms with E-state index in [1.54, 1.807) is 0 Å². The predicted molar refractivity (Wildman–Crippen MR) is 83.0 cm³/mol. The number of fused-ring (bicyclic) bond motifs is 1. The van der Waals surface area contributed by atoms with Crippen molar-refractivity contribution in [2.45, 2.75) is 19.4 Å². The van der Waals surface area contributed by atoms with Gasteiger partial charge in [-0.2, -0.15) is 5.10 Å². The molecule has 0 saturated carbocycles. The van der Waals surface area contributed by atoms with Crippen molar-refractivity contribution in [3.63, 3.8) is 0 Å². The van der Waals surface area contributed by atoms with Gasteiger partial charge in [0.15, 0.2) is 0 Å². The van der Waals surface area contributed by atoms with E-state index in [4.69, 9.17) is 0 Å². The topological polar surface area (TPSA) is 29.9 Å². The summed E-state index contributed by atoms with van der Waals surface area (Å²) < 4.78 is 4.66. The molecular formula is C14H17N3S2. The van der Waals surface area contributed by atoms with Crippen molar-refractivity contribution in [3.8, 4) is 0 Å². The average Bonchev–Trinajstić information content (AvgIpc) is 3.03. The highest BCUT2D eigenvalue weighted by Gasteiger charge is 2.15. The van der Waals surface area contributed by atoms with Gasteiger partial charge in [0.25, 0.3) is 0 Å².